The first-order valence-electron chi connectivity index (χ1n) is 7.60. The molecule has 1 aliphatic rings. The zero-order valence-electron chi connectivity index (χ0n) is 12.9. The fourth-order valence-corrected chi connectivity index (χ4v) is 2.46. The Kier molecular flexibility index (Phi) is 5.87. The Morgan fingerprint density at radius 2 is 2.00 bits per heavy atom. The highest BCUT2D eigenvalue weighted by Gasteiger charge is 2.16. The number of hydrogen-bond donors (Lipinski definition) is 2. The third-order valence-electron chi connectivity index (χ3n) is 3.66. The summed E-state index contributed by atoms with van der Waals surface area (Å²) in [5, 5.41) is 13.5. The predicted molar refractivity (Wildman–Crippen MR) is 84.7 cm³/mol. The van der Waals surface area contributed by atoms with Gasteiger partial charge in [-0.25, -0.2) is 0 Å². The van der Waals surface area contributed by atoms with Crippen LogP contribution in [0, 0.1) is 0 Å². The molecule has 0 amide bonds. The number of nitrogens with zero attached hydrogens (tertiary/aromatic N) is 2. The van der Waals surface area contributed by atoms with Crippen LogP contribution in [0.4, 0.5) is 0 Å². The number of aliphatic hydroxyl groups is 1. The van der Waals surface area contributed by atoms with Crippen molar-refractivity contribution in [3.8, 4) is 5.75 Å². The van der Waals surface area contributed by atoms with Gasteiger partial charge in [-0.15, -0.1) is 0 Å². The van der Waals surface area contributed by atoms with Crippen molar-refractivity contribution in [2.45, 2.75) is 25.9 Å². The van der Waals surface area contributed by atoms with Crippen molar-refractivity contribution in [2.24, 2.45) is 4.99 Å². The highest BCUT2D eigenvalue weighted by molar-refractivity contribution is 5.80. The molecule has 1 aromatic rings. The number of methoxy groups -OCH3 is 1. The molecule has 5 nitrogen and oxygen atoms in total. The largest absolute Gasteiger partial charge is 0.497 e. The van der Waals surface area contributed by atoms with Gasteiger partial charge in [0.15, 0.2) is 5.96 Å². The highest BCUT2D eigenvalue weighted by Crippen LogP contribution is 2.18. The molecule has 1 atom stereocenters. The maximum atomic E-state index is 10.2. The lowest BCUT2D eigenvalue weighted by Crippen LogP contribution is -2.39. The van der Waals surface area contributed by atoms with Crippen LogP contribution in [0.15, 0.2) is 29.3 Å². The monoisotopic (exact) mass is 291 g/mol. The number of rotatable bonds is 5. The zero-order valence-corrected chi connectivity index (χ0v) is 12.9. The molecule has 0 aromatic heterocycles. The van der Waals surface area contributed by atoms with Crippen LogP contribution in [0.25, 0.3) is 0 Å². The predicted octanol–water partition coefficient (Wildman–Crippen LogP) is 1.79. The Labute approximate surface area is 126 Å². The lowest BCUT2D eigenvalue weighted by molar-refractivity contribution is 0.186. The molecule has 1 aromatic carbocycles. The van der Waals surface area contributed by atoms with Crippen molar-refractivity contribution < 1.29 is 9.84 Å². The van der Waals surface area contributed by atoms with E-state index < -0.39 is 6.10 Å². The quantitative estimate of drug-likeness (QED) is 0.641. The van der Waals surface area contributed by atoms with Gasteiger partial charge in [-0.3, -0.25) is 4.99 Å². The van der Waals surface area contributed by atoms with E-state index in [0.29, 0.717) is 6.54 Å². The Bertz CT molecular complexity index is 453. The molecule has 116 valence electrons. The fourth-order valence-electron chi connectivity index (χ4n) is 2.46. The van der Waals surface area contributed by atoms with Crippen molar-refractivity contribution >= 4 is 5.96 Å². The molecule has 0 radical (unpaired) electrons. The molecule has 0 aliphatic carbocycles. The minimum absolute atomic E-state index is 0.366. The molecule has 1 aliphatic heterocycles. The maximum absolute atomic E-state index is 10.2. The van der Waals surface area contributed by atoms with Gasteiger partial charge in [0, 0.05) is 19.6 Å². The van der Waals surface area contributed by atoms with Crippen molar-refractivity contribution in [3.63, 3.8) is 0 Å². The molecule has 0 bridgehead atoms. The van der Waals surface area contributed by atoms with E-state index in [1.54, 1.807) is 7.11 Å². The van der Waals surface area contributed by atoms with Crippen LogP contribution in [0.3, 0.4) is 0 Å². The van der Waals surface area contributed by atoms with Gasteiger partial charge < -0.3 is 20.1 Å². The molecule has 1 unspecified atom stereocenters. The Morgan fingerprint density at radius 3 is 2.57 bits per heavy atom. The summed E-state index contributed by atoms with van der Waals surface area (Å²) < 4.78 is 5.12. The number of ether oxygens (including phenoxy) is 1. The molecule has 0 saturated carbocycles. The number of aliphatic hydroxyl groups excluding tert-OH is 1. The molecule has 21 heavy (non-hydrogen) atoms. The first-order chi connectivity index (χ1) is 10.2. The van der Waals surface area contributed by atoms with Crippen LogP contribution >= 0.6 is 0 Å². The average molecular weight is 291 g/mol. The summed E-state index contributed by atoms with van der Waals surface area (Å²) in [7, 11) is 1.63. The molecule has 1 fully saturated rings. The van der Waals surface area contributed by atoms with E-state index in [1.165, 1.54) is 12.8 Å². The maximum Gasteiger partial charge on any atom is 0.194 e. The van der Waals surface area contributed by atoms with E-state index in [9.17, 15) is 5.11 Å². The Balaban J connectivity index is 1.98. The van der Waals surface area contributed by atoms with Crippen molar-refractivity contribution in [2.75, 3.05) is 33.3 Å². The van der Waals surface area contributed by atoms with Crippen LogP contribution in [0.1, 0.15) is 31.4 Å². The topological polar surface area (TPSA) is 57.1 Å². The number of aliphatic imine (C=N–C) groups is 1. The molecule has 1 heterocycles. The van der Waals surface area contributed by atoms with E-state index in [0.717, 1.165) is 36.9 Å². The molecular formula is C16H25N3O2. The number of guanidine groups is 1. The van der Waals surface area contributed by atoms with Crippen molar-refractivity contribution in [3.05, 3.63) is 29.8 Å². The van der Waals surface area contributed by atoms with Gasteiger partial charge in [0.25, 0.3) is 0 Å². The standard InChI is InChI=1S/C16H25N3O2/c1-3-17-16(19-10-4-5-11-19)18-12-15(20)13-6-8-14(21-2)9-7-13/h6-9,15,20H,3-5,10-12H2,1-2H3,(H,17,18). The van der Waals surface area contributed by atoms with Crippen molar-refractivity contribution in [1.82, 2.24) is 10.2 Å². The van der Waals surface area contributed by atoms with E-state index in [2.05, 4.69) is 22.1 Å². The second kappa shape index (κ2) is 7.88. The second-order valence-corrected chi connectivity index (χ2v) is 5.18. The van der Waals surface area contributed by atoms with Crippen LogP contribution in [0.2, 0.25) is 0 Å². The summed E-state index contributed by atoms with van der Waals surface area (Å²) >= 11 is 0. The smallest absolute Gasteiger partial charge is 0.194 e. The van der Waals surface area contributed by atoms with Gasteiger partial charge in [-0.1, -0.05) is 12.1 Å². The van der Waals surface area contributed by atoms with Crippen LogP contribution in [0.5, 0.6) is 5.75 Å². The molecular weight excluding hydrogens is 266 g/mol. The highest BCUT2D eigenvalue weighted by atomic mass is 16.5. The molecule has 0 spiro atoms. The fraction of sp³-hybridized carbons (Fsp3) is 0.562. The third kappa shape index (κ3) is 4.36. The summed E-state index contributed by atoms with van der Waals surface area (Å²) in [5.41, 5.74) is 0.858. The van der Waals surface area contributed by atoms with Crippen LogP contribution < -0.4 is 10.1 Å². The first-order valence-corrected chi connectivity index (χ1v) is 7.60. The first kappa shape index (κ1) is 15.6. The SMILES string of the molecule is CCNC(=NCC(O)c1ccc(OC)cc1)N1CCCC1. The summed E-state index contributed by atoms with van der Waals surface area (Å²) in [6, 6.07) is 7.46. The zero-order chi connectivity index (χ0) is 15.1. The van der Waals surface area contributed by atoms with E-state index >= 15 is 0 Å². The molecule has 2 N–H and O–H groups in total. The van der Waals surface area contributed by atoms with E-state index in [4.69, 9.17) is 4.74 Å². The second-order valence-electron chi connectivity index (χ2n) is 5.18. The van der Waals surface area contributed by atoms with Gasteiger partial charge >= 0.3 is 0 Å². The lowest BCUT2D eigenvalue weighted by atomic mass is 10.1. The average Bonchev–Trinajstić information content (AvgIpc) is 3.05. The lowest BCUT2D eigenvalue weighted by Gasteiger charge is -2.21. The molecule has 5 heteroatoms. The molecule has 1 saturated heterocycles. The van der Waals surface area contributed by atoms with Gasteiger partial charge in [-0.2, -0.15) is 0 Å². The molecule has 2 rings (SSSR count). The summed E-state index contributed by atoms with van der Waals surface area (Å²) in [6.45, 7) is 5.36. The summed E-state index contributed by atoms with van der Waals surface area (Å²) in [5.74, 6) is 1.70. The van der Waals surface area contributed by atoms with Gasteiger partial charge in [-0.05, 0) is 37.5 Å². The number of nitrogens with one attached hydrogen (secondary N) is 1. The minimum atomic E-state index is -0.591. The summed E-state index contributed by atoms with van der Waals surface area (Å²) in [6.07, 6.45) is 1.84. The van der Waals surface area contributed by atoms with Gasteiger partial charge in [0.1, 0.15) is 5.75 Å². The van der Waals surface area contributed by atoms with Gasteiger partial charge in [0.05, 0.1) is 19.8 Å². The van der Waals surface area contributed by atoms with E-state index in [-0.39, 0.29) is 0 Å². The Morgan fingerprint density at radius 1 is 1.33 bits per heavy atom. The third-order valence-corrected chi connectivity index (χ3v) is 3.66. The van der Waals surface area contributed by atoms with E-state index in [1.807, 2.05) is 24.3 Å². The normalized spacial score (nSPS) is 16.9. The summed E-state index contributed by atoms with van der Waals surface area (Å²) in [4.78, 5) is 6.82. The number of likely N-dealkylation sites (tertiary alicyclic amines) is 1. The van der Waals surface area contributed by atoms with Crippen LogP contribution in [-0.2, 0) is 0 Å². The number of benzene rings is 1. The minimum Gasteiger partial charge on any atom is -0.497 e. The van der Waals surface area contributed by atoms with Crippen molar-refractivity contribution in [1.29, 1.82) is 0 Å². The van der Waals surface area contributed by atoms with Gasteiger partial charge in [0.2, 0.25) is 0 Å². The van der Waals surface area contributed by atoms with Crippen LogP contribution in [-0.4, -0.2) is 49.3 Å². The Hall–Kier alpha value is -1.75. The number of hydrogen-bond acceptors (Lipinski definition) is 3.